The first-order valence-electron chi connectivity index (χ1n) is 2.64. The molecule has 1 aliphatic heterocycles. The van der Waals surface area contributed by atoms with Gasteiger partial charge in [0, 0.05) is 12.5 Å². The highest BCUT2D eigenvalue weighted by atomic mass is 16.5. The third kappa shape index (κ3) is 1.03. The van der Waals surface area contributed by atoms with Gasteiger partial charge in [-0.25, -0.2) is 0 Å². The van der Waals surface area contributed by atoms with Gasteiger partial charge in [-0.2, -0.15) is 0 Å². The highest BCUT2D eigenvalue weighted by Gasteiger charge is 2.09. The fraction of sp³-hybridized carbons (Fsp3) is 0.667. The molecule has 1 unspecified atom stereocenters. The highest BCUT2D eigenvalue weighted by Crippen LogP contribution is 2.11. The second kappa shape index (κ2) is 2.12. The van der Waals surface area contributed by atoms with E-state index in [-0.39, 0.29) is 0 Å². The summed E-state index contributed by atoms with van der Waals surface area (Å²) < 4.78 is 5.08. The quantitative estimate of drug-likeness (QED) is 0.448. The molecule has 1 nitrogen and oxygen atoms in total. The average Bonchev–Trinajstić information content (AvgIpc) is 2.14. The van der Waals surface area contributed by atoms with E-state index in [1.165, 1.54) is 6.42 Å². The van der Waals surface area contributed by atoms with Crippen molar-refractivity contribution in [1.29, 1.82) is 0 Å². The first-order valence-corrected chi connectivity index (χ1v) is 2.64. The molecule has 1 heteroatoms. The van der Waals surface area contributed by atoms with Crippen molar-refractivity contribution in [2.45, 2.75) is 6.42 Å². The molecule has 0 aliphatic carbocycles. The third-order valence-electron chi connectivity index (χ3n) is 1.30. The van der Waals surface area contributed by atoms with Gasteiger partial charge in [-0.3, -0.25) is 0 Å². The number of hydrogen-bond donors (Lipinski definition) is 0. The van der Waals surface area contributed by atoms with E-state index in [1.807, 2.05) is 6.08 Å². The Labute approximate surface area is 44.0 Å². The molecule has 0 spiro atoms. The largest absolute Gasteiger partial charge is 0.381 e. The summed E-state index contributed by atoms with van der Waals surface area (Å²) in [5, 5.41) is 0. The lowest BCUT2D eigenvalue weighted by atomic mass is 10.1. The molecular weight excluding hydrogens is 88.1 g/mol. The van der Waals surface area contributed by atoms with Crippen LogP contribution in [0, 0.1) is 5.92 Å². The van der Waals surface area contributed by atoms with Crippen molar-refractivity contribution in [3.05, 3.63) is 12.7 Å². The molecule has 1 atom stereocenters. The molecule has 1 fully saturated rings. The highest BCUT2D eigenvalue weighted by molar-refractivity contribution is 4.81. The van der Waals surface area contributed by atoms with Crippen LogP contribution in [0.4, 0.5) is 0 Å². The van der Waals surface area contributed by atoms with E-state index in [4.69, 9.17) is 4.74 Å². The molecule has 0 radical (unpaired) electrons. The maximum atomic E-state index is 5.08. The van der Waals surface area contributed by atoms with E-state index in [2.05, 4.69) is 6.58 Å². The van der Waals surface area contributed by atoms with Gasteiger partial charge in [-0.05, 0) is 6.42 Å². The van der Waals surface area contributed by atoms with Crippen LogP contribution in [0.15, 0.2) is 12.7 Å². The lowest BCUT2D eigenvalue weighted by Gasteiger charge is -1.92. The van der Waals surface area contributed by atoms with Gasteiger partial charge in [0.25, 0.3) is 0 Å². The van der Waals surface area contributed by atoms with Gasteiger partial charge in [0.2, 0.25) is 0 Å². The molecule has 0 aromatic carbocycles. The molecule has 0 amide bonds. The first kappa shape index (κ1) is 4.85. The topological polar surface area (TPSA) is 9.23 Å². The molecule has 0 N–H and O–H groups in total. The van der Waals surface area contributed by atoms with Crippen molar-refractivity contribution < 1.29 is 4.74 Å². The Hall–Kier alpha value is -0.300. The van der Waals surface area contributed by atoms with Gasteiger partial charge < -0.3 is 4.74 Å². The summed E-state index contributed by atoms with van der Waals surface area (Å²) in [5.74, 6) is 0.639. The van der Waals surface area contributed by atoms with Crippen molar-refractivity contribution >= 4 is 0 Å². The van der Waals surface area contributed by atoms with Gasteiger partial charge in [0.05, 0.1) is 6.61 Å². The Bertz CT molecular complexity index is 62.6. The van der Waals surface area contributed by atoms with E-state index in [1.54, 1.807) is 0 Å². The van der Waals surface area contributed by atoms with Gasteiger partial charge in [0.1, 0.15) is 0 Å². The van der Waals surface area contributed by atoms with Gasteiger partial charge in [-0.15, -0.1) is 6.58 Å². The smallest absolute Gasteiger partial charge is 0.0529 e. The summed E-state index contributed by atoms with van der Waals surface area (Å²) in [6.07, 6.45) is 3.14. The average molecular weight is 98.1 g/mol. The normalized spacial score (nSPS) is 30.6. The van der Waals surface area contributed by atoms with Crippen LogP contribution in [0.25, 0.3) is 0 Å². The van der Waals surface area contributed by atoms with Crippen molar-refractivity contribution in [1.82, 2.24) is 0 Å². The van der Waals surface area contributed by atoms with E-state index < -0.39 is 0 Å². The van der Waals surface area contributed by atoms with Crippen LogP contribution in [-0.4, -0.2) is 13.2 Å². The lowest BCUT2D eigenvalue weighted by Crippen LogP contribution is -1.90. The summed E-state index contributed by atoms with van der Waals surface area (Å²) in [4.78, 5) is 0. The van der Waals surface area contributed by atoms with Crippen molar-refractivity contribution in [3.8, 4) is 0 Å². The van der Waals surface area contributed by atoms with Gasteiger partial charge >= 0.3 is 0 Å². The molecule has 40 valence electrons. The zero-order chi connectivity index (χ0) is 5.11. The van der Waals surface area contributed by atoms with Crippen LogP contribution in [0.1, 0.15) is 6.42 Å². The van der Waals surface area contributed by atoms with Crippen LogP contribution >= 0.6 is 0 Å². The molecular formula is C6H10O. The van der Waals surface area contributed by atoms with Crippen molar-refractivity contribution in [3.63, 3.8) is 0 Å². The van der Waals surface area contributed by atoms with E-state index in [0.717, 1.165) is 13.2 Å². The Morgan fingerprint density at radius 1 is 1.71 bits per heavy atom. The zero-order valence-corrected chi connectivity index (χ0v) is 4.39. The summed E-state index contributed by atoms with van der Waals surface area (Å²) in [7, 11) is 0. The first-order chi connectivity index (χ1) is 3.43. The Kier molecular flexibility index (Phi) is 1.47. The molecule has 0 aromatic rings. The van der Waals surface area contributed by atoms with Crippen molar-refractivity contribution in [2.75, 3.05) is 13.2 Å². The predicted molar refractivity (Wildman–Crippen MR) is 29.1 cm³/mol. The molecule has 7 heavy (non-hydrogen) atoms. The monoisotopic (exact) mass is 98.1 g/mol. The second-order valence-corrected chi connectivity index (χ2v) is 1.86. The fourth-order valence-electron chi connectivity index (χ4n) is 0.739. The molecule has 1 aliphatic rings. The Balaban J connectivity index is 2.26. The minimum absolute atomic E-state index is 0.639. The zero-order valence-electron chi connectivity index (χ0n) is 4.39. The van der Waals surface area contributed by atoms with Gasteiger partial charge in [-0.1, -0.05) is 6.08 Å². The van der Waals surface area contributed by atoms with E-state index >= 15 is 0 Å². The van der Waals surface area contributed by atoms with Crippen LogP contribution in [0.5, 0.6) is 0 Å². The van der Waals surface area contributed by atoms with Gasteiger partial charge in [0.15, 0.2) is 0 Å². The molecule has 1 saturated heterocycles. The molecule has 0 aromatic heterocycles. The molecule has 0 bridgehead atoms. The summed E-state index contributed by atoms with van der Waals surface area (Å²) in [5.41, 5.74) is 0. The maximum Gasteiger partial charge on any atom is 0.0529 e. The minimum Gasteiger partial charge on any atom is -0.381 e. The third-order valence-corrected chi connectivity index (χ3v) is 1.30. The van der Waals surface area contributed by atoms with E-state index in [9.17, 15) is 0 Å². The summed E-state index contributed by atoms with van der Waals surface area (Å²) in [6.45, 7) is 5.48. The second-order valence-electron chi connectivity index (χ2n) is 1.86. The Morgan fingerprint density at radius 3 is 2.86 bits per heavy atom. The van der Waals surface area contributed by atoms with Crippen LogP contribution < -0.4 is 0 Å². The number of hydrogen-bond acceptors (Lipinski definition) is 1. The molecule has 1 heterocycles. The standard InChI is InChI=1S/C6H10O/c1-2-6-3-4-7-5-6/h2,6H,1,3-5H2. The fourth-order valence-corrected chi connectivity index (χ4v) is 0.739. The molecule has 1 rings (SSSR count). The Morgan fingerprint density at radius 2 is 2.57 bits per heavy atom. The summed E-state index contributed by atoms with van der Waals surface area (Å²) in [6, 6.07) is 0. The van der Waals surface area contributed by atoms with Crippen LogP contribution in [-0.2, 0) is 4.74 Å². The maximum absolute atomic E-state index is 5.08. The lowest BCUT2D eigenvalue weighted by molar-refractivity contribution is 0.191. The van der Waals surface area contributed by atoms with Crippen LogP contribution in [0.2, 0.25) is 0 Å². The summed E-state index contributed by atoms with van der Waals surface area (Å²) >= 11 is 0. The minimum atomic E-state index is 0.639. The number of rotatable bonds is 1. The van der Waals surface area contributed by atoms with Crippen LogP contribution in [0.3, 0.4) is 0 Å². The SMILES string of the molecule is C=CC1CCOC1. The van der Waals surface area contributed by atoms with Crippen molar-refractivity contribution in [2.24, 2.45) is 5.92 Å². The molecule has 0 saturated carbocycles. The number of ether oxygens (including phenoxy) is 1. The predicted octanol–water partition coefficient (Wildman–Crippen LogP) is 1.21. The van der Waals surface area contributed by atoms with E-state index in [0.29, 0.717) is 5.92 Å².